The zero-order valence-electron chi connectivity index (χ0n) is 9.30. The smallest absolute Gasteiger partial charge is 0.231 e. The van der Waals surface area contributed by atoms with E-state index < -0.39 is 0 Å². The van der Waals surface area contributed by atoms with Crippen LogP contribution < -0.4 is 15.0 Å². The Hall–Kier alpha value is -0.970. The predicted octanol–water partition coefficient (Wildman–Crippen LogP) is 2.28. The van der Waals surface area contributed by atoms with Gasteiger partial charge in [0.15, 0.2) is 11.5 Å². The van der Waals surface area contributed by atoms with Crippen LogP contribution in [0.25, 0.3) is 0 Å². The van der Waals surface area contributed by atoms with E-state index in [2.05, 4.69) is 12.4 Å². The number of hydrogen-bond acceptors (Lipinski definition) is 4. The lowest BCUT2D eigenvalue weighted by molar-refractivity contribution is 0.0865. The second-order valence-electron chi connectivity index (χ2n) is 3.44. The van der Waals surface area contributed by atoms with Gasteiger partial charge in [0.05, 0.1) is 12.1 Å². The van der Waals surface area contributed by atoms with Crippen LogP contribution in [0.1, 0.15) is 18.1 Å². The number of benzene rings is 1. The molecule has 1 aliphatic heterocycles. The molecule has 1 heterocycles. The molecule has 0 aromatic heterocycles. The molecular formula is C11H14ClNO3. The average molecular weight is 244 g/mol. The molecule has 1 aliphatic rings. The average Bonchev–Trinajstić information content (AvgIpc) is 2.75. The van der Waals surface area contributed by atoms with E-state index in [-0.39, 0.29) is 6.79 Å². The van der Waals surface area contributed by atoms with Crippen LogP contribution in [0.3, 0.4) is 0 Å². The fourth-order valence-corrected chi connectivity index (χ4v) is 2.18. The molecule has 0 amide bonds. The molecule has 4 nitrogen and oxygen atoms in total. The Bertz CT molecular complexity index is 395. The summed E-state index contributed by atoms with van der Waals surface area (Å²) in [5, 5.41) is 0.644. The van der Waals surface area contributed by atoms with Crippen molar-refractivity contribution in [2.75, 3.05) is 13.9 Å². The third-order valence-electron chi connectivity index (χ3n) is 2.56. The van der Waals surface area contributed by atoms with Crippen molar-refractivity contribution < 1.29 is 14.3 Å². The minimum atomic E-state index is 0.235. The summed E-state index contributed by atoms with van der Waals surface area (Å²) < 4.78 is 10.6. The number of halogens is 1. The van der Waals surface area contributed by atoms with Gasteiger partial charge < -0.3 is 14.3 Å². The third kappa shape index (κ3) is 1.96. The fraction of sp³-hybridized carbons (Fsp3) is 0.455. The second-order valence-corrected chi connectivity index (χ2v) is 3.82. The van der Waals surface area contributed by atoms with Crippen molar-refractivity contribution >= 4 is 11.6 Å². The quantitative estimate of drug-likeness (QED) is 0.824. The van der Waals surface area contributed by atoms with Gasteiger partial charge in [-0.25, -0.2) is 0 Å². The number of hydroxylamine groups is 1. The van der Waals surface area contributed by atoms with Crippen molar-refractivity contribution in [1.82, 2.24) is 5.48 Å². The Morgan fingerprint density at radius 1 is 1.50 bits per heavy atom. The normalized spacial score (nSPS) is 13.2. The molecule has 0 fully saturated rings. The number of nitrogens with one attached hydrogen (secondary N) is 1. The zero-order chi connectivity index (χ0) is 11.5. The van der Waals surface area contributed by atoms with E-state index >= 15 is 0 Å². The van der Waals surface area contributed by atoms with E-state index in [0.29, 0.717) is 23.1 Å². The monoisotopic (exact) mass is 243 g/mol. The minimum Gasteiger partial charge on any atom is -0.454 e. The lowest BCUT2D eigenvalue weighted by Gasteiger charge is -2.12. The highest BCUT2D eigenvalue weighted by atomic mass is 35.5. The highest BCUT2D eigenvalue weighted by Gasteiger charge is 2.22. The number of hydrogen-bond donors (Lipinski definition) is 1. The molecule has 0 saturated heterocycles. The van der Waals surface area contributed by atoms with Gasteiger partial charge in [0.1, 0.15) is 0 Å². The van der Waals surface area contributed by atoms with Crippen LogP contribution >= 0.6 is 11.6 Å². The maximum Gasteiger partial charge on any atom is 0.231 e. The Balaban J connectivity index is 2.39. The van der Waals surface area contributed by atoms with E-state index in [9.17, 15) is 0 Å². The topological polar surface area (TPSA) is 39.7 Å². The number of fused-ring (bicyclic) bond motifs is 1. The standard InChI is InChI=1S/C11H14ClNO3/c1-3-8-7(5-13-14-2)4-9-11(10(8)12)16-6-15-9/h4,13H,3,5-6H2,1-2H3. The summed E-state index contributed by atoms with van der Waals surface area (Å²) >= 11 is 6.26. The van der Waals surface area contributed by atoms with Gasteiger partial charge >= 0.3 is 0 Å². The van der Waals surface area contributed by atoms with Crippen LogP contribution in [0.4, 0.5) is 0 Å². The van der Waals surface area contributed by atoms with Crippen molar-refractivity contribution in [2.24, 2.45) is 0 Å². The van der Waals surface area contributed by atoms with Crippen LogP contribution in [0.5, 0.6) is 11.5 Å². The number of ether oxygens (including phenoxy) is 2. The van der Waals surface area contributed by atoms with E-state index in [4.69, 9.17) is 25.9 Å². The second kappa shape index (κ2) is 4.91. The van der Waals surface area contributed by atoms with Gasteiger partial charge in [-0.05, 0) is 23.6 Å². The summed E-state index contributed by atoms with van der Waals surface area (Å²) in [7, 11) is 1.58. The van der Waals surface area contributed by atoms with E-state index in [1.807, 2.05) is 6.07 Å². The first-order valence-corrected chi connectivity index (χ1v) is 5.51. The molecule has 1 N–H and O–H groups in total. The first-order chi connectivity index (χ1) is 7.77. The van der Waals surface area contributed by atoms with Crippen molar-refractivity contribution in [3.63, 3.8) is 0 Å². The van der Waals surface area contributed by atoms with Crippen molar-refractivity contribution in [1.29, 1.82) is 0 Å². The van der Waals surface area contributed by atoms with Crippen LogP contribution in [-0.4, -0.2) is 13.9 Å². The molecule has 1 aromatic rings. The summed E-state index contributed by atoms with van der Waals surface area (Å²) in [6.45, 7) is 2.88. The first-order valence-electron chi connectivity index (χ1n) is 5.13. The van der Waals surface area contributed by atoms with E-state index in [1.54, 1.807) is 7.11 Å². The lowest BCUT2D eigenvalue weighted by Crippen LogP contribution is -2.12. The zero-order valence-corrected chi connectivity index (χ0v) is 10.1. The molecule has 16 heavy (non-hydrogen) atoms. The van der Waals surface area contributed by atoms with Crippen LogP contribution in [0.15, 0.2) is 6.07 Å². The van der Waals surface area contributed by atoms with Gasteiger partial charge in [0.25, 0.3) is 0 Å². The van der Waals surface area contributed by atoms with Gasteiger partial charge in [0, 0.05) is 6.54 Å². The lowest BCUT2D eigenvalue weighted by atomic mass is 10.0. The summed E-state index contributed by atoms with van der Waals surface area (Å²) in [6.07, 6.45) is 0.843. The predicted molar refractivity (Wildman–Crippen MR) is 60.8 cm³/mol. The number of rotatable bonds is 4. The third-order valence-corrected chi connectivity index (χ3v) is 2.96. The van der Waals surface area contributed by atoms with Gasteiger partial charge in [-0.1, -0.05) is 18.5 Å². The minimum absolute atomic E-state index is 0.235. The van der Waals surface area contributed by atoms with Gasteiger partial charge in [0.2, 0.25) is 6.79 Å². The molecule has 5 heteroatoms. The van der Waals surface area contributed by atoms with Gasteiger partial charge in [-0.3, -0.25) is 0 Å². The molecule has 0 unspecified atom stereocenters. The summed E-state index contributed by atoms with van der Waals surface area (Å²) in [4.78, 5) is 4.84. The summed E-state index contributed by atoms with van der Waals surface area (Å²) in [6, 6.07) is 1.94. The van der Waals surface area contributed by atoms with Crippen molar-refractivity contribution in [3.8, 4) is 11.5 Å². The Morgan fingerprint density at radius 3 is 3.00 bits per heavy atom. The van der Waals surface area contributed by atoms with Crippen molar-refractivity contribution in [2.45, 2.75) is 19.9 Å². The largest absolute Gasteiger partial charge is 0.454 e. The highest BCUT2D eigenvalue weighted by Crippen LogP contribution is 2.42. The molecule has 0 bridgehead atoms. The molecule has 2 rings (SSSR count). The molecule has 88 valence electrons. The maximum absolute atomic E-state index is 6.26. The van der Waals surface area contributed by atoms with Crippen LogP contribution in [0.2, 0.25) is 5.02 Å². The van der Waals surface area contributed by atoms with Gasteiger partial charge in [-0.15, -0.1) is 0 Å². The van der Waals surface area contributed by atoms with E-state index in [1.165, 1.54) is 0 Å². The molecule has 0 atom stereocenters. The highest BCUT2D eigenvalue weighted by molar-refractivity contribution is 6.33. The molecular weight excluding hydrogens is 230 g/mol. The molecule has 0 spiro atoms. The van der Waals surface area contributed by atoms with Crippen molar-refractivity contribution in [3.05, 3.63) is 22.2 Å². The molecule has 0 radical (unpaired) electrons. The Morgan fingerprint density at radius 2 is 2.31 bits per heavy atom. The maximum atomic E-state index is 6.26. The van der Waals surface area contributed by atoms with Gasteiger partial charge in [-0.2, -0.15) is 5.48 Å². The Labute approximate surface area is 99.4 Å². The Kier molecular flexibility index (Phi) is 3.53. The molecule has 0 aliphatic carbocycles. The molecule has 1 aromatic carbocycles. The SMILES string of the molecule is CCc1c(CNOC)cc2c(c1Cl)OCO2. The van der Waals surface area contributed by atoms with Crippen LogP contribution in [-0.2, 0) is 17.8 Å². The molecule has 0 saturated carbocycles. The summed E-state index contributed by atoms with van der Waals surface area (Å²) in [5.74, 6) is 1.36. The van der Waals surface area contributed by atoms with E-state index in [0.717, 1.165) is 17.5 Å². The summed E-state index contributed by atoms with van der Waals surface area (Å²) in [5.41, 5.74) is 4.94. The fourth-order valence-electron chi connectivity index (χ4n) is 1.78. The van der Waals surface area contributed by atoms with Crippen LogP contribution in [0, 0.1) is 0 Å². The first kappa shape index (κ1) is 11.5.